The number of nitrogens with two attached hydrogens (primary N) is 1. The van der Waals surface area contributed by atoms with E-state index in [1.54, 1.807) is 33.5 Å². The van der Waals surface area contributed by atoms with Crippen LogP contribution in [0.3, 0.4) is 0 Å². The first-order valence-corrected chi connectivity index (χ1v) is 6.17. The van der Waals surface area contributed by atoms with Gasteiger partial charge in [-0.1, -0.05) is 0 Å². The highest BCUT2D eigenvalue weighted by molar-refractivity contribution is 5.53. The van der Waals surface area contributed by atoms with Gasteiger partial charge in [0.2, 0.25) is 11.6 Å². The SMILES string of the molecule is COc1cc(COc2cncc(N)n2)cc(OC)c1OC. The van der Waals surface area contributed by atoms with Crippen LogP contribution in [-0.4, -0.2) is 31.3 Å². The van der Waals surface area contributed by atoms with Crippen molar-refractivity contribution in [2.24, 2.45) is 0 Å². The molecule has 1 aromatic heterocycles. The Morgan fingerprint density at radius 3 is 2.19 bits per heavy atom. The molecule has 0 radical (unpaired) electrons. The van der Waals surface area contributed by atoms with E-state index < -0.39 is 0 Å². The number of methoxy groups -OCH3 is 3. The Morgan fingerprint density at radius 2 is 1.67 bits per heavy atom. The fourth-order valence-electron chi connectivity index (χ4n) is 1.81. The lowest BCUT2D eigenvalue weighted by Crippen LogP contribution is -2.02. The molecule has 2 N–H and O–H groups in total. The van der Waals surface area contributed by atoms with Crippen molar-refractivity contribution >= 4 is 5.82 Å². The zero-order valence-corrected chi connectivity index (χ0v) is 12.1. The van der Waals surface area contributed by atoms with E-state index in [0.717, 1.165) is 5.56 Å². The Labute approximate surface area is 122 Å². The Bertz CT molecular complexity index is 594. The molecule has 0 bridgehead atoms. The summed E-state index contributed by atoms with van der Waals surface area (Å²) in [5.41, 5.74) is 6.39. The summed E-state index contributed by atoms with van der Waals surface area (Å²) in [6.07, 6.45) is 2.95. The molecule has 2 aromatic rings. The third kappa shape index (κ3) is 3.44. The van der Waals surface area contributed by atoms with Crippen LogP contribution in [0, 0.1) is 0 Å². The molecule has 0 unspecified atom stereocenters. The molecule has 112 valence electrons. The summed E-state index contributed by atoms with van der Waals surface area (Å²) in [7, 11) is 4.68. The van der Waals surface area contributed by atoms with Gasteiger partial charge in [0.25, 0.3) is 0 Å². The van der Waals surface area contributed by atoms with Crippen molar-refractivity contribution in [3.05, 3.63) is 30.1 Å². The van der Waals surface area contributed by atoms with Gasteiger partial charge in [0.05, 0.1) is 33.7 Å². The molecule has 0 saturated heterocycles. The van der Waals surface area contributed by atoms with Gasteiger partial charge in [-0.15, -0.1) is 0 Å². The smallest absolute Gasteiger partial charge is 0.234 e. The monoisotopic (exact) mass is 291 g/mol. The quantitative estimate of drug-likeness (QED) is 0.865. The zero-order valence-electron chi connectivity index (χ0n) is 12.1. The largest absolute Gasteiger partial charge is 0.493 e. The van der Waals surface area contributed by atoms with Crippen LogP contribution < -0.4 is 24.7 Å². The van der Waals surface area contributed by atoms with Crippen molar-refractivity contribution < 1.29 is 18.9 Å². The van der Waals surface area contributed by atoms with Crippen LogP contribution in [-0.2, 0) is 6.61 Å². The van der Waals surface area contributed by atoms with Crippen LogP contribution in [0.4, 0.5) is 5.82 Å². The third-order valence-corrected chi connectivity index (χ3v) is 2.74. The summed E-state index contributed by atoms with van der Waals surface area (Å²) in [6.45, 7) is 0.273. The molecular weight excluding hydrogens is 274 g/mol. The molecule has 0 amide bonds. The maximum absolute atomic E-state index is 5.55. The van der Waals surface area contributed by atoms with E-state index in [9.17, 15) is 0 Å². The van der Waals surface area contributed by atoms with E-state index in [-0.39, 0.29) is 6.61 Å². The van der Waals surface area contributed by atoms with Crippen molar-refractivity contribution in [3.63, 3.8) is 0 Å². The first-order valence-electron chi connectivity index (χ1n) is 6.17. The number of benzene rings is 1. The molecule has 7 nitrogen and oxygen atoms in total. The first kappa shape index (κ1) is 14.7. The average molecular weight is 291 g/mol. The lowest BCUT2D eigenvalue weighted by molar-refractivity contribution is 0.288. The number of hydrogen-bond donors (Lipinski definition) is 1. The molecule has 0 fully saturated rings. The van der Waals surface area contributed by atoms with Crippen LogP contribution in [0.15, 0.2) is 24.5 Å². The Balaban J connectivity index is 2.20. The van der Waals surface area contributed by atoms with Crippen LogP contribution in [0.5, 0.6) is 23.1 Å². The van der Waals surface area contributed by atoms with Crippen molar-refractivity contribution in [2.75, 3.05) is 27.1 Å². The van der Waals surface area contributed by atoms with Crippen LogP contribution in [0.25, 0.3) is 0 Å². The summed E-state index contributed by atoms with van der Waals surface area (Å²) in [4.78, 5) is 7.92. The van der Waals surface area contributed by atoms with Crippen LogP contribution in [0.1, 0.15) is 5.56 Å². The molecule has 0 atom stereocenters. The van der Waals surface area contributed by atoms with Crippen molar-refractivity contribution in [2.45, 2.75) is 6.61 Å². The Hall–Kier alpha value is -2.70. The molecule has 7 heteroatoms. The summed E-state index contributed by atoms with van der Waals surface area (Å²) in [6, 6.07) is 3.61. The third-order valence-electron chi connectivity index (χ3n) is 2.74. The summed E-state index contributed by atoms with van der Waals surface area (Å²) >= 11 is 0. The van der Waals surface area contributed by atoms with Gasteiger partial charge in [-0.25, -0.2) is 0 Å². The van der Waals surface area contributed by atoms with Crippen LogP contribution >= 0.6 is 0 Å². The minimum Gasteiger partial charge on any atom is -0.493 e. The number of ether oxygens (including phenoxy) is 4. The number of aromatic nitrogens is 2. The fourth-order valence-corrected chi connectivity index (χ4v) is 1.81. The summed E-state index contributed by atoms with van der Waals surface area (Å²) < 4.78 is 21.4. The van der Waals surface area contributed by atoms with E-state index in [4.69, 9.17) is 24.7 Å². The summed E-state index contributed by atoms with van der Waals surface area (Å²) in [5.74, 6) is 2.32. The topological polar surface area (TPSA) is 88.7 Å². The van der Waals surface area contributed by atoms with Crippen LogP contribution in [0.2, 0.25) is 0 Å². The molecule has 0 aliphatic heterocycles. The fraction of sp³-hybridized carbons (Fsp3) is 0.286. The number of rotatable bonds is 6. The molecule has 21 heavy (non-hydrogen) atoms. The number of anilines is 1. The predicted octanol–water partition coefficient (Wildman–Crippen LogP) is 1.66. The van der Waals surface area contributed by atoms with Gasteiger partial charge in [-0.2, -0.15) is 4.98 Å². The van der Waals surface area contributed by atoms with Gasteiger partial charge in [0.1, 0.15) is 12.4 Å². The molecule has 0 aliphatic rings. The molecule has 0 saturated carbocycles. The number of hydrogen-bond acceptors (Lipinski definition) is 7. The van der Waals surface area contributed by atoms with Gasteiger partial charge in [-0.3, -0.25) is 4.98 Å². The first-order chi connectivity index (χ1) is 10.2. The molecule has 2 rings (SSSR count). The molecule has 0 aliphatic carbocycles. The summed E-state index contributed by atoms with van der Waals surface area (Å²) in [5, 5.41) is 0. The minimum atomic E-state index is 0.273. The van der Waals surface area contributed by atoms with E-state index in [1.165, 1.54) is 12.4 Å². The zero-order chi connectivity index (χ0) is 15.2. The predicted molar refractivity (Wildman–Crippen MR) is 76.9 cm³/mol. The van der Waals surface area contributed by atoms with Gasteiger partial charge in [0, 0.05) is 0 Å². The van der Waals surface area contributed by atoms with E-state index in [1.807, 2.05) is 0 Å². The van der Waals surface area contributed by atoms with E-state index >= 15 is 0 Å². The highest BCUT2D eigenvalue weighted by atomic mass is 16.5. The second kappa shape index (κ2) is 6.65. The van der Waals surface area contributed by atoms with Crippen molar-refractivity contribution in [1.82, 2.24) is 9.97 Å². The lowest BCUT2D eigenvalue weighted by Gasteiger charge is -2.14. The standard InChI is InChI=1S/C14H17N3O4/c1-18-10-4-9(5-11(19-2)14(10)20-3)8-21-13-7-16-6-12(15)17-13/h4-7H,8H2,1-3H3,(H2,15,17). The molecular formula is C14H17N3O4. The van der Waals surface area contributed by atoms with Gasteiger partial charge < -0.3 is 24.7 Å². The normalized spacial score (nSPS) is 10.0. The lowest BCUT2D eigenvalue weighted by atomic mass is 10.2. The Kier molecular flexibility index (Phi) is 4.65. The average Bonchev–Trinajstić information content (AvgIpc) is 2.51. The molecule has 1 heterocycles. The van der Waals surface area contributed by atoms with Gasteiger partial charge in [-0.05, 0) is 17.7 Å². The van der Waals surface area contributed by atoms with Crippen molar-refractivity contribution in [1.29, 1.82) is 0 Å². The molecule has 1 aromatic carbocycles. The van der Waals surface area contributed by atoms with E-state index in [2.05, 4.69) is 9.97 Å². The van der Waals surface area contributed by atoms with Crippen molar-refractivity contribution in [3.8, 4) is 23.1 Å². The molecule has 0 spiro atoms. The van der Waals surface area contributed by atoms with Gasteiger partial charge >= 0.3 is 0 Å². The maximum Gasteiger partial charge on any atom is 0.234 e. The number of nitrogen functional groups attached to an aromatic ring is 1. The maximum atomic E-state index is 5.55. The minimum absolute atomic E-state index is 0.273. The second-order valence-electron chi connectivity index (χ2n) is 4.10. The van der Waals surface area contributed by atoms with E-state index in [0.29, 0.717) is 28.9 Å². The highest BCUT2D eigenvalue weighted by Crippen LogP contribution is 2.38. The number of nitrogens with zero attached hydrogens (tertiary/aromatic N) is 2. The Morgan fingerprint density at radius 1 is 1.00 bits per heavy atom. The second-order valence-corrected chi connectivity index (χ2v) is 4.10. The van der Waals surface area contributed by atoms with Gasteiger partial charge in [0.15, 0.2) is 11.5 Å². The highest BCUT2D eigenvalue weighted by Gasteiger charge is 2.13.